The zero-order valence-corrected chi connectivity index (χ0v) is 10.4. The van der Waals surface area contributed by atoms with E-state index in [-0.39, 0.29) is 0 Å². The molecular formula is C15H12N2O2. The van der Waals surface area contributed by atoms with Crippen LogP contribution in [0.3, 0.4) is 0 Å². The average molecular weight is 252 g/mol. The van der Waals surface area contributed by atoms with Crippen molar-refractivity contribution in [1.82, 2.24) is 9.97 Å². The molecule has 0 atom stereocenters. The van der Waals surface area contributed by atoms with Crippen molar-refractivity contribution in [2.24, 2.45) is 0 Å². The summed E-state index contributed by atoms with van der Waals surface area (Å²) in [5.74, 6) is -0.394. The number of carbonyl (C=O) groups is 1. The molecule has 4 nitrogen and oxygen atoms in total. The first kappa shape index (κ1) is 11.5. The molecular weight excluding hydrogens is 240 g/mol. The molecule has 0 radical (unpaired) electrons. The Balaban J connectivity index is 2.20. The summed E-state index contributed by atoms with van der Waals surface area (Å²) in [6, 6.07) is 10.0. The molecule has 0 saturated carbocycles. The number of aromatic amines is 1. The predicted molar refractivity (Wildman–Crippen MR) is 74.6 cm³/mol. The lowest BCUT2D eigenvalue weighted by molar-refractivity contribution is -0.134. The van der Waals surface area contributed by atoms with Crippen LogP contribution in [-0.4, -0.2) is 23.0 Å². The van der Waals surface area contributed by atoms with Crippen LogP contribution in [0.15, 0.2) is 42.6 Å². The van der Waals surface area contributed by atoms with E-state index in [0.717, 1.165) is 27.5 Å². The van der Waals surface area contributed by atoms with E-state index in [4.69, 9.17) is 0 Å². The summed E-state index contributed by atoms with van der Waals surface area (Å²) in [6.45, 7) is 0. The van der Waals surface area contributed by atoms with Gasteiger partial charge in [-0.25, -0.2) is 4.79 Å². The number of aromatic nitrogens is 2. The molecule has 0 fully saturated rings. The van der Waals surface area contributed by atoms with Crippen molar-refractivity contribution in [1.29, 1.82) is 0 Å². The zero-order valence-electron chi connectivity index (χ0n) is 10.4. The number of ether oxygens (including phenoxy) is 1. The number of esters is 1. The quantitative estimate of drug-likeness (QED) is 0.563. The molecule has 2 aromatic heterocycles. The third-order valence-corrected chi connectivity index (χ3v) is 3.04. The highest BCUT2D eigenvalue weighted by molar-refractivity contribution is 6.09. The third kappa shape index (κ3) is 1.97. The summed E-state index contributed by atoms with van der Waals surface area (Å²) in [5, 5.41) is 2.24. The van der Waals surface area contributed by atoms with E-state index in [1.165, 1.54) is 13.2 Å². The van der Waals surface area contributed by atoms with Gasteiger partial charge >= 0.3 is 5.97 Å². The maximum absolute atomic E-state index is 11.1. The number of hydrogen-bond donors (Lipinski definition) is 1. The molecule has 0 spiro atoms. The summed E-state index contributed by atoms with van der Waals surface area (Å²) in [4.78, 5) is 18.8. The molecule has 0 aliphatic rings. The van der Waals surface area contributed by atoms with Gasteiger partial charge in [-0.05, 0) is 18.2 Å². The van der Waals surface area contributed by atoms with Crippen molar-refractivity contribution in [3.05, 3.63) is 48.3 Å². The third-order valence-electron chi connectivity index (χ3n) is 3.04. The summed E-state index contributed by atoms with van der Waals surface area (Å²) < 4.78 is 4.58. The molecule has 3 rings (SSSR count). The molecule has 0 bridgehead atoms. The van der Waals surface area contributed by atoms with Gasteiger partial charge in [-0.2, -0.15) is 0 Å². The predicted octanol–water partition coefficient (Wildman–Crippen LogP) is 2.90. The largest absolute Gasteiger partial charge is 0.466 e. The van der Waals surface area contributed by atoms with Gasteiger partial charge in [-0.15, -0.1) is 0 Å². The van der Waals surface area contributed by atoms with Gasteiger partial charge in [0, 0.05) is 28.6 Å². The number of methoxy groups -OCH3 is 1. The maximum atomic E-state index is 11.1. The SMILES string of the molecule is COC(=O)/C=C/c1nccc2c1[nH]c1ccccc12. The number of hydrogen-bond acceptors (Lipinski definition) is 3. The van der Waals surface area contributed by atoms with E-state index in [1.807, 2.05) is 24.3 Å². The van der Waals surface area contributed by atoms with Crippen LogP contribution in [0.5, 0.6) is 0 Å². The molecule has 2 heterocycles. The standard InChI is InChI=1S/C15H12N2O2/c1-19-14(18)7-6-13-15-11(8-9-16-13)10-4-2-3-5-12(10)17-15/h2-9,17H,1H3/b7-6+. The lowest BCUT2D eigenvalue weighted by atomic mass is 10.1. The fourth-order valence-corrected chi connectivity index (χ4v) is 2.14. The van der Waals surface area contributed by atoms with E-state index >= 15 is 0 Å². The number of nitrogens with one attached hydrogen (secondary N) is 1. The molecule has 94 valence electrons. The first-order chi connectivity index (χ1) is 9.29. The maximum Gasteiger partial charge on any atom is 0.330 e. The number of fused-ring (bicyclic) bond motifs is 3. The van der Waals surface area contributed by atoms with Crippen LogP contribution in [-0.2, 0) is 9.53 Å². The van der Waals surface area contributed by atoms with Crippen molar-refractivity contribution in [3.63, 3.8) is 0 Å². The molecule has 1 N–H and O–H groups in total. The Bertz CT molecular complexity index is 787. The Morgan fingerprint density at radius 1 is 1.26 bits per heavy atom. The summed E-state index contributed by atoms with van der Waals surface area (Å²) >= 11 is 0. The Labute approximate surface area is 109 Å². The van der Waals surface area contributed by atoms with Crippen LogP contribution in [0.4, 0.5) is 0 Å². The van der Waals surface area contributed by atoms with Crippen LogP contribution in [0, 0.1) is 0 Å². The molecule has 4 heteroatoms. The van der Waals surface area contributed by atoms with Gasteiger partial charge in [0.2, 0.25) is 0 Å². The monoisotopic (exact) mass is 252 g/mol. The molecule has 0 aliphatic carbocycles. The van der Waals surface area contributed by atoms with Crippen LogP contribution >= 0.6 is 0 Å². The van der Waals surface area contributed by atoms with Crippen molar-refractivity contribution in [3.8, 4) is 0 Å². The second-order valence-electron chi connectivity index (χ2n) is 4.15. The van der Waals surface area contributed by atoms with E-state index in [9.17, 15) is 4.79 Å². The number of carbonyl (C=O) groups excluding carboxylic acids is 1. The molecule has 0 saturated heterocycles. The summed E-state index contributed by atoms with van der Waals surface area (Å²) in [7, 11) is 1.35. The lowest BCUT2D eigenvalue weighted by Gasteiger charge is -1.95. The molecule has 0 aliphatic heterocycles. The highest BCUT2D eigenvalue weighted by Crippen LogP contribution is 2.26. The highest BCUT2D eigenvalue weighted by Gasteiger charge is 2.06. The van der Waals surface area contributed by atoms with E-state index in [1.54, 1.807) is 12.3 Å². The topological polar surface area (TPSA) is 55.0 Å². The van der Waals surface area contributed by atoms with Crippen LogP contribution in [0.1, 0.15) is 5.69 Å². The van der Waals surface area contributed by atoms with Crippen molar-refractivity contribution in [2.75, 3.05) is 7.11 Å². The highest BCUT2D eigenvalue weighted by atomic mass is 16.5. The number of benzene rings is 1. The molecule has 19 heavy (non-hydrogen) atoms. The average Bonchev–Trinajstić information content (AvgIpc) is 2.84. The van der Waals surface area contributed by atoms with Gasteiger partial charge in [0.15, 0.2) is 0 Å². The van der Waals surface area contributed by atoms with Crippen molar-refractivity contribution in [2.45, 2.75) is 0 Å². The van der Waals surface area contributed by atoms with Crippen LogP contribution < -0.4 is 0 Å². The first-order valence-electron chi connectivity index (χ1n) is 5.91. The molecule has 0 amide bonds. The number of para-hydroxylation sites is 1. The van der Waals surface area contributed by atoms with Gasteiger partial charge < -0.3 is 9.72 Å². The minimum Gasteiger partial charge on any atom is -0.466 e. The molecule has 0 unspecified atom stereocenters. The van der Waals surface area contributed by atoms with Gasteiger partial charge in [0.05, 0.1) is 18.3 Å². The Morgan fingerprint density at radius 2 is 2.11 bits per heavy atom. The van der Waals surface area contributed by atoms with Gasteiger partial charge in [-0.1, -0.05) is 18.2 Å². The number of nitrogens with zero attached hydrogens (tertiary/aromatic N) is 1. The van der Waals surface area contributed by atoms with E-state index in [0.29, 0.717) is 0 Å². The Hall–Kier alpha value is -2.62. The second kappa shape index (κ2) is 4.57. The fraction of sp³-hybridized carbons (Fsp3) is 0.0667. The summed E-state index contributed by atoms with van der Waals surface area (Å²) in [6.07, 6.45) is 4.76. The normalized spacial score (nSPS) is 11.4. The van der Waals surface area contributed by atoms with Crippen LogP contribution in [0.25, 0.3) is 27.9 Å². The van der Waals surface area contributed by atoms with Gasteiger partial charge in [0.25, 0.3) is 0 Å². The smallest absolute Gasteiger partial charge is 0.330 e. The number of H-pyrrole nitrogens is 1. The Kier molecular flexibility index (Phi) is 2.76. The van der Waals surface area contributed by atoms with Crippen molar-refractivity contribution < 1.29 is 9.53 Å². The number of rotatable bonds is 2. The Morgan fingerprint density at radius 3 is 2.95 bits per heavy atom. The van der Waals surface area contributed by atoms with Gasteiger partial charge in [0.1, 0.15) is 0 Å². The van der Waals surface area contributed by atoms with E-state index in [2.05, 4.69) is 20.8 Å². The fourth-order valence-electron chi connectivity index (χ4n) is 2.14. The zero-order chi connectivity index (χ0) is 13.2. The minimum atomic E-state index is -0.394. The van der Waals surface area contributed by atoms with Crippen LogP contribution in [0.2, 0.25) is 0 Å². The number of pyridine rings is 1. The van der Waals surface area contributed by atoms with Gasteiger partial charge in [-0.3, -0.25) is 4.98 Å². The van der Waals surface area contributed by atoms with Crippen molar-refractivity contribution >= 4 is 33.9 Å². The van der Waals surface area contributed by atoms with E-state index < -0.39 is 5.97 Å². The lowest BCUT2D eigenvalue weighted by Crippen LogP contribution is -1.94. The molecule has 3 aromatic rings. The second-order valence-corrected chi connectivity index (χ2v) is 4.15. The molecule has 1 aromatic carbocycles. The first-order valence-corrected chi connectivity index (χ1v) is 5.91. The summed E-state index contributed by atoms with van der Waals surface area (Å²) in [5.41, 5.74) is 2.70. The minimum absolute atomic E-state index is 0.394.